The van der Waals surface area contributed by atoms with E-state index in [9.17, 15) is 4.79 Å². The lowest BCUT2D eigenvalue weighted by molar-refractivity contribution is 0.111. The van der Waals surface area contributed by atoms with Gasteiger partial charge in [-0.2, -0.15) is 0 Å². The molecule has 0 N–H and O–H groups in total. The number of hydrogen-bond donors (Lipinski definition) is 0. The van der Waals surface area contributed by atoms with Gasteiger partial charge in [0.05, 0.1) is 6.54 Å². The van der Waals surface area contributed by atoms with Gasteiger partial charge in [-0.05, 0) is 36.8 Å². The molecular formula is C17H16N4O2. The maximum absolute atomic E-state index is 11.2. The topological polar surface area (TPSA) is 69.9 Å². The van der Waals surface area contributed by atoms with Crippen molar-refractivity contribution in [2.75, 3.05) is 6.61 Å². The van der Waals surface area contributed by atoms with Gasteiger partial charge >= 0.3 is 0 Å². The van der Waals surface area contributed by atoms with Gasteiger partial charge in [-0.25, -0.2) is 4.68 Å². The van der Waals surface area contributed by atoms with Crippen LogP contribution >= 0.6 is 0 Å². The van der Waals surface area contributed by atoms with E-state index in [-0.39, 0.29) is 0 Å². The summed E-state index contributed by atoms with van der Waals surface area (Å²) >= 11 is 0. The van der Waals surface area contributed by atoms with Crippen molar-refractivity contribution < 1.29 is 9.53 Å². The Hall–Kier alpha value is -3.02. The smallest absolute Gasteiger partial charge is 0.172 e. The molecule has 1 aromatic carbocycles. The summed E-state index contributed by atoms with van der Waals surface area (Å²) in [6.07, 6.45) is 4.07. The van der Waals surface area contributed by atoms with Gasteiger partial charge in [-0.1, -0.05) is 17.3 Å². The standard InChI is InChI=1S/C17H16N4O2/c1-13-4-2-6-15(10-13)23-9-8-21-17(16(12-22)19-20-21)14-5-3-7-18-11-14/h2-7,10-12H,8-9H2,1H3. The van der Waals surface area contributed by atoms with Crippen molar-refractivity contribution in [2.24, 2.45) is 0 Å². The minimum absolute atomic E-state index is 0.300. The molecular weight excluding hydrogens is 292 g/mol. The Labute approximate surface area is 133 Å². The average molecular weight is 308 g/mol. The lowest BCUT2D eigenvalue weighted by Crippen LogP contribution is -2.11. The first-order chi connectivity index (χ1) is 11.3. The predicted molar refractivity (Wildman–Crippen MR) is 85.3 cm³/mol. The third kappa shape index (κ3) is 3.42. The Morgan fingerprint density at radius 3 is 2.91 bits per heavy atom. The number of rotatable bonds is 6. The van der Waals surface area contributed by atoms with E-state index in [4.69, 9.17) is 4.74 Å². The van der Waals surface area contributed by atoms with Crippen LogP contribution in [-0.4, -0.2) is 32.9 Å². The molecule has 0 saturated carbocycles. The van der Waals surface area contributed by atoms with Crippen LogP contribution in [0.2, 0.25) is 0 Å². The number of ether oxygens (including phenoxy) is 1. The van der Waals surface area contributed by atoms with Gasteiger partial charge in [-0.3, -0.25) is 9.78 Å². The summed E-state index contributed by atoms with van der Waals surface area (Å²) in [5.41, 5.74) is 2.90. The average Bonchev–Trinajstić information content (AvgIpc) is 2.99. The Bertz CT molecular complexity index is 799. The molecule has 3 rings (SSSR count). The summed E-state index contributed by atoms with van der Waals surface area (Å²) in [5, 5.41) is 7.95. The highest BCUT2D eigenvalue weighted by Crippen LogP contribution is 2.20. The van der Waals surface area contributed by atoms with Crippen LogP contribution in [0, 0.1) is 6.92 Å². The first-order valence-corrected chi connectivity index (χ1v) is 7.26. The summed E-state index contributed by atoms with van der Waals surface area (Å²) < 4.78 is 7.40. The third-order valence-electron chi connectivity index (χ3n) is 3.37. The van der Waals surface area contributed by atoms with Crippen LogP contribution in [0.15, 0.2) is 48.8 Å². The number of aryl methyl sites for hydroxylation is 1. The lowest BCUT2D eigenvalue weighted by atomic mass is 10.2. The Morgan fingerprint density at radius 2 is 2.17 bits per heavy atom. The van der Waals surface area contributed by atoms with E-state index in [1.165, 1.54) is 0 Å². The van der Waals surface area contributed by atoms with Crippen molar-refractivity contribution in [3.8, 4) is 17.0 Å². The van der Waals surface area contributed by atoms with E-state index in [2.05, 4.69) is 15.3 Å². The van der Waals surface area contributed by atoms with Crippen LogP contribution in [-0.2, 0) is 6.54 Å². The molecule has 0 radical (unpaired) electrons. The molecule has 0 fully saturated rings. The molecule has 0 amide bonds. The van der Waals surface area contributed by atoms with Crippen molar-refractivity contribution in [1.29, 1.82) is 0 Å². The second-order valence-corrected chi connectivity index (χ2v) is 5.07. The number of hydrogen-bond acceptors (Lipinski definition) is 5. The van der Waals surface area contributed by atoms with E-state index in [0.717, 1.165) is 16.9 Å². The summed E-state index contributed by atoms with van der Waals surface area (Å²) in [6, 6.07) is 11.5. The highest BCUT2D eigenvalue weighted by Gasteiger charge is 2.14. The Balaban J connectivity index is 1.76. The molecule has 0 aliphatic rings. The number of benzene rings is 1. The van der Waals surface area contributed by atoms with E-state index >= 15 is 0 Å². The van der Waals surface area contributed by atoms with Gasteiger partial charge in [0, 0.05) is 18.0 Å². The molecule has 0 aliphatic carbocycles. The fraction of sp³-hybridized carbons (Fsp3) is 0.176. The molecule has 116 valence electrons. The molecule has 0 saturated heterocycles. The number of pyridine rings is 1. The SMILES string of the molecule is Cc1cccc(OCCn2nnc(C=O)c2-c2cccnc2)c1. The predicted octanol–water partition coefficient (Wildman–Crippen LogP) is 2.54. The first kappa shape index (κ1) is 14.9. The Morgan fingerprint density at radius 1 is 1.26 bits per heavy atom. The van der Waals surface area contributed by atoms with Gasteiger partial charge in [0.2, 0.25) is 0 Å². The highest BCUT2D eigenvalue weighted by molar-refractivity contribution is 5.82. The number of carbonyl (C=O) groups is 1. The lowest BCUT2D eigenvalue weighted by Gasteiger charge is -2.09. The molecule has 0 aliphatic heterocycles. The minimum Gasteiger partial charge on any atom is -0.492 e. The largest absolute Gasteiger partial charge is 0.492 e. The zero-order valence-electron chi connectivity index (χ0n) is 12.7. The van der Waals surface area contributed by atoms with Crippen molar-refractivity contribution in [3.05, 3.63) is 60.0 Å². The van der Waals surface area contributed by atoms with Crippen molar-refractivity contribution in [3.63, 3.8) is 0 Å². The fourth-order valence-electron chi connectivity index (χ4n) is 2.32. The fourth-order valence-corrected chi connectivity index (χ4v) is 2.32. The molecule has 0 unspecified atom stereocenters. The molecule has 0 bridgehead atoms. The van der Waals surface area contributed by atoms with Crippen LogP contribution in [0.4, 0.5) is 0 Å². The maximum atomic E-state index is 11.2. The van der Waals surface area contributed by atoms with Crippen LogP contribution in [0.3, 0.4) is 0 Å². The number of aromatic nitrogens is 4. The second-order valence-electron chi connectivity index (χ2n) is 5.07. The van der Waals surface area contributed by atoms with Crippen LogP contribution in [0.5, 0.6) is 5.75 Å². The zero-order chi connectivity index (χ0) is 16.1. The van der Waals surface area contributed by atoms with Gasteiger partial charge in [0.15, 0.2) is 12.0 Å². The van der Waals surface area contributed by atoms with Crippen LogP contribution in [0.1, 0.15) is 16.1 Å². The first-order valence-electron chi connectivity index (χ1n) is 7.26. The molecule has 2 aromatic heterocycles. The molecule has 23 heavy (non-hydrogen) atoms. The maximum Gasteiger partial charge on any atom is 0.172 e. The van der Waals surface area contributed by atoms with Gasteiger partial charge in [0.25, 0.3) is 0 Å². The van der Waals surface area contributed by atoms with Crippen molar-refractivity contribution >= 4 is 6.29 Å². The van der Waals surface area contributed by atoms with Gasteiger partial charge < -0.3 is 4.74 Å². The van der Waals surface area contributed by atoms with Crippen molar-refractivity contribution in [1.82, 2.24) is 20.0 Å². The van der Waals surface area contributed by atoms with Gasteiger partial charge in [-0.15, -0.1) is 5.10 Å². The zero-order valence-corrected chi connectivity index (χ0v) is 12.7. The summed E-state index contributed by atoms with van der Waals surface area (Å²) in [6.45, 7) is 2.93. The number of aldehydes is 1. The molecule has 6 heteroatoms. The monoisotopic (exact) mass is 308 g/mol. The third-order valence-corrected chi connectivity index (χ3v) is 3.37. The Kier molecular flexibility index (Phi) is 4.42. The molecule has 6 nitrogen and oxygen atoms in total. The van der Waals surface area contributed by atoms with Crippen molar-refractivity contribution in [2.45, 2.75) is 13.5 Å². The van der Waals surface area contributed by atoms with E-state index in [1.807, 2.05) is 43.3 Å². The molecule has 0 spiro atoms. The number of nitrogens with zero attached hydrogens (tertiary/aromatic N) is 4. The van der Waals surface area contributed by atoms with Crippen LogP contribution < -0.4 is 4.74 Å². The summed E-state index contributed by atoms with van der Waals surface area (Å²) in [5.74, 6) is 0.809. The van der Waals surface area contributed by atoms with E-state index in [1.54, 1.807) is 17.1 Å². The minimum atomic E-state index is 0.300. The second kappa shape index (κ2) is 6.83. The highest BCUT2D eigenvalue weighted by atomic mass is 16.5. The normalized spacial score (nSPS) is 10.5. The quantitative estimate of drug-likeness (QED) is 0.654. The number of carbonyl (C=O) groups excluding carboxylic acids is 1. The molecule has 2 heterocycles. The summed E-state index contributed by atoms with van der Waals surface area (Å²) in [4.78, 5) is 15.3. The molecule has 3 aromatic rings. The van der Waals surface area contributed by atoms with E-state index in [0.29, 0.717) is 30.8 Å². The van der Waals surface area contributed by atoms with Gasteiger partial charge in [0.1, 0.15) is 18.1 Å². The molecule has 0 atom stereocenters. The summed E-state index contributed by atoms with van der Waals surface area (Å²) in [7, 11) is 0. The van der Waals surface area contributed by atoms with Crippen LogP contribution in [0.25, 0.3) is 11.3 Å². The van der Waals surface area contributed by atoms with E-state index < -0.39 is 0 Å².